The molecule has 0 fully saturated rings. The third-order valence-corrected chi connectivity index (χ3v) is 4.15. The minimum Gasteiger partial charge on any atom is -0.384 e. The topological polar surface area (TPSA) is 71.1 Å². The number of nitrogens with one attached hydrogen (secondary N) is 2. The Morgan fingerprint density at radius 3 is 2.50 bits per heavy atom. The minimum atomic E-state index is -3.65. The largest absolute Gasteiger partial charge is 0.384 e. The fraction of sp³-hybridized carbons (Fsp3) is 0.214. The summed E-state index contributed by atoms with van der Waals surface area (Å²) in [5.41, 5.74) is 2.15. The van der Waals surface area contributed by atoms with E-state index in [0.29, 0.717) is 17.9 Å². The zero-order valence-electron chi connectivity index (χ0n) is 11.4. The Labute approximate surface area is 119 Å². The molecule has 0 aliphatic rings. The molecule has 0 radical (unpaired) electrons. The Hall–Kier alpha value is -2.08. The molecule has 0 aliphatic carbocycles. The Kier molecular flexibility index (Phi) is 4.24. The molecule has 0 bridgehead atoms. The molecule has 0 aliphatic heterocycles. The molecule has 0 saturated heterocycles. The smallest absolute Gasteiger partial charge is 0.265 e. The predicted molar refractivity (Wildman–Crippen MR) is 80.4 cm³/mol. The van der Waals surface area contributed by atoms with Gasteiger partial charge in [0.05, 0.1) is 5.69 Å². The van der Waals surface area contributed by atoms with Gasteiger partial charge in [-0.1, -0.05) is 17.7 Å². The molecule has 5 nitrogen and oxygen atoms in total. The highest BCUT2D eigenvalue weighted by molar-refractivity contribution is 7.92. The average molecular weight is 291 g/mol. The second-order valence-electron chi connectivity index (χ2n) is 4.37. The van der Waals surface area contributed by atoms with Crippen molar-refractivity contribution in [3.8, 4) is 0 Å². The molecule has 2 N–H and O–H groups in total. The van der Waals surface area contributed by atoms with Crippen molar-refractivity contribution in [2.45, 2.75) is 18.7 Å². The van der Waals surface area contributed by atoms with Crippen molar-refractivity contribution in [3.63, 3.8) is 0 Å². The Bertz CT molecular complexity index is 682. The zero-order chi connectivity index (χ0) is 14.6. The monoisotopic (exact) mass is 291 g/mol. The first kappa shape index (κ1) is 14.3. The van der Waals surface area contributed by atoms with Crippen LogP contribution in [0.25, 0.3) is 0 Å². The third kappa shape index (κ3) is 3.27. The van der Waals surface area contributed by atoms with Crippen molar-refractivity contribution >= 4 is 21.4 Å². The van der Waals surface area contributed by atoms with Crippen molar-refractivity contribution in [1.82, 2.24) is 4.98 Å². The molecule has 6 heteroatoms. The van der Waals surface area contributed by atoms with Crippen LogP contribution in [0.4, 0.5) is 11.4 Å². The number of sulfonamides is 1. The van der Waals surface area contributed by atoms with Crippen LogP contribution in [0.5, 0.6) is 0 Å². The quantitative estimate of drug-likeness (QED) is 0.888. The van der Waals surface area contributed by atoms with Crippen LogP contribution < -0.4 is 10.0 Å². The second kappa shape index (κ2) is 5.92. The third-order valence-electron chi connectivity index (χ3n) is 2.75. The molecule has 0 saturated carbocycles. The maximum absolute atomic E-state index is 12.4. The lowest BCUT2D eigenvalue weighted by molar-refractivity contribution is 0.601. The van der Waals surface area contributed by atoms with Gasteiger partial charge in [-0.25, -0.2) is 8.42 Å². The van der Waals surface area contributed by atoms with Gasteiger partial charge in [0.1, 0.15) is 4.90 Å². The van der Waals surface area contributed by atoms with Gasteiger partial charge in [-0.05, 0) is 32.0 Å². The lowest BCUT2D eigenvalue weighted by atomic mass is 10.2. The first-order valence-electron chi connectivity index (χ1n) is 6.30. The van der Waals surface area contributed by atoms with Gasteiger partial charge in [0, 0.05) is 24.6 Å². The highest BCUT2D eigenvalue weighted by atomic mass is 32.2. The van der Waals surface area contributed by atoms with Crippen LogP contribution >= 0.6 is 0 Å². The Balaban J connectivity index is 2.33. The molecule has 0 atom stereocenters. The summed E-state index contributed by atoms with van der Waals surface area (Å²) in [6.07, 6.45) is 2.90. The molecule has 2 rings (SSSR count). The number of pyridine rings is 1. The summed E-state index contributed by atoms with van der Waals surface area (Å²) >= 11 is 0. The van der Waals surface area contributed by atoms with E-state index in [0.717, 1.165) is 5.56 Å². The molecular formula is C14H17N3O2S. The Morgan fingerprint density at radius 1 is 1.15 bits per heavy atom. The van der Waals surface area contributed by atoms with E-state index in [4.69, 9.17) is 0 Å². The van der Waals surface area contributed by atoms with Crippen molar-refractivity contribution < 1.29 is 8.42 Å². The Morgan fingerprint density at radius 2 is 1.85 bits per heavy atom. The molecule has 20 heavy (non-hydrogen) atoms. The van der Waals surface area contributed by atoms with Crippen molar-refractivity contribution in [3.05, 3.63) is 48.3 Å². The van der Waals surface area contributed by atoms with Crippen LogP contribution in [0.2, 0.25) is 0 Å². The predicted octanol–water partition coefficient (Wildman–Crippen LogP) is 2.62. The summed E-state index contributed by atoms with van der Waals surface area (Å²) < 4.78 is 27.3. The van der Waals surface area contributed by atoms with Gasteiger partial charge < -0.3 is 5.32 Å². The molecule has 1 heterocycles. The van der Waals surface area contributed by atoms with Crippen LogP contribution in [-0.2, 0) is 10.0 Å². The number of anilines is 2. The standard InChI is InChI=1S/C14H17N3O2S/c1-3-16-13-8-9-15-10-14(13)20(18,19)17-12-6-4-11(2)5-7-12/h4-10,17H,3H2,1-2H3,(H,15,16). The van der Waals surface area contributed by atoms with Gasteiger partial charge in [0.2, 0.25) is 0 Å². The van der Waals surface area contributed by atoms with Crippen LogP contribution in [0, 0.1) is 6.92 Å². The van der Waals surface area contributed by atoms with Gasteiger partial charge in [-0.15, -0.1) is 0 Å². The molecule has 1 aromatic carbocycles. The maximum atomic E-state index is 12.4. The first-order chi connectivity index (χ1) is 9.53. The highest BCUT2D eigenvalue weighted by Crippen LogP contribution is 2.22. The molecule has 0 unspecified atom stereocenters. The average Bonchev–Trinajstić information content (AvgIpc) is 2.42. The van der Waals surface area contributed by atoms with Crippen LogP contribution in [0.1, 0.15) is 12.5 Å². The number of hydrogen-bond donors (Lipinski definition) is 2. The molecule has 106 valence electrons. The van der Waals surface area contributed by atoms with Gasteiger partial charge >= 0.3 is 0 Å². The van der Waals surface area contributed by atoms with E-state index < -0.39 is 10.0 Å². The van der Waals surface area contributed by atoms with E-state index in [1.165, 1.54) is 6.20 Å². The van der Waals surface area contributed by atoms with E-state index in [2.05, 4.69) is 15.0 Å². The summed E-state index contributed by atoms with van der Waals surface area (Å²) in [6.45, 7) is 4.49. The van der Waals surface area contributed by atoms with Crippen molar-refractivity contribution in [2.24, 2.45) is 0 Å². The minimum absolute atomic E-state index is 0.141. The van der Waals surface area contributed by atoms with E-state index >= 15 is 0 Å². The fourth-order valence-corrected chi connectivity index (χ4v) is 2.95. The number of aryl methyl sites for hydroxylation is 1. The first-order valence-corrected chi connectivity index (χ1v) is 7.78. The van der Waals surface area contributed by atoms with Crippen LogP contribution in [0.3, 0.4) is 0 Å². The number of hydrogen-bond acceptors (Lipinski definition) is 4. The summed E-state index contributed by atoms with van der Waals surface area (Å²) in [5, 5.41) is 3.02. The summed E-state index contributed by atoms with van der Waals surface area (Å²) in [6, 6.07) is 8.82. The summed E-state index contributed by atoms with van der Waals surface area (Å²) in [7, 11) is -3.65. The van der Waals surface area contributed by atoms with E-state index in [1.807, 2.05) is 26.0 Å². The number of aromatic nitrogens is 1. The van der Waals surface area contributed by atoms with Crippen LogP contribution in [0.15, 0.2) is 47.6 Å². The number of nitrogens with zero attached hydrogens (tertiary/aromatic N) is 1. The van der Waals surface area contributed by atoms with Gasteiger partial charge in [-0.3, -0.25) is 9.71 Å². The van der Waals surface area contributed by atoms with E-state index in [1.54, 1.807) is 24.4 Å². The lowest BCUT2D eigenvalue weighted by Gasteiger charge is -2.12. The van der Waals surface area contributed by atoms with Gasteiger partial charge in [0.15, 0.2) is 0 Å². The normalized spacial score (nSPS) is 11.1. The SMILES string of the molecule is CCNc1ccncc1S(=O)(=O)Nc1ccc(C)cc1. The van der Waals surface area contributed by atoms with E-state index in [9.17, 15) is 8.42 Å². The molecule has 2 aromatic rings. The van der Waals surface area contributed by atoms with E-state index in [-0.39, 0.29) is 4.90 Å². The summed E-state index contributed by atoms with van der Waals surface area (Å²) in [5.74, 6) is 0. The maximum Gasteiger partial charge on any atom is 0.265 e. The molecule has 1 aromatic heterocycles. The highest BCUT2D eigenvalue weighted by Gasteiger charge is 2.18. The van der Waals surface area contributed by atoms with Gasteiger partial charge in [-0.2, -0.15) is 0 Å². The zero-order valence-corrected chi connectivity index (χ0v) is 12.2. The number of rotatable bonds is 5. The molecule has 0 spiro atoms. The van der Waals surface area contributed by atoms with Crippen molar-refractivity contribution in [2.75, 3.05) is 16.6 Å². The van der Waals surface area contributed by atoms with Crippen molar-refractivity contribution in [1.29, 1.82) is 0 Å². The summed E-state index contributed by atoms with van der Waals surface area (Å²) in [4.78, 5) is 4.03. The number of benzene rings is 1. The second-order valence-corrected chi connectivity index (χ2v) is 6.02. The molecular weight excluding hydrogens is 274 g/mol. The molecule has 0 amide bonds. The lowest BCUT2D eigenvalue weighted by Crippen LogP contribution is -2.15. The van der Waals surface area contributed by atoms with Gasteiger partial charge in [0.25, 0.3) is 10.0 Å². The van der Waals surface area contributed by atoms with Crippen LogP contribution in [-0.4, -0.2) is 19.9 Å². The fourth-order valence-electron chi connectivity index (χ4n) is 1.76.